The van der Waals surface area contributed by atoms with Gasteiger partial charge in [-0.15, -0.1) is 0 Å². The topological polar surface area (TPSA) is 85.4 Å². The van der Waals surface area contributed by atoms with Crippen LogP contribution >= 0.6 is 0 Å². The van der Waals surface area contributed by atoms with Crippen LogP contribution in [0.25, 0.3) is 22.2 Å². The van der Waals surface area contributed by atoms with E-state index in [-0.39, 0.29) is 11.9 Å². The molecule has 2 heterocycles. The van der Waals surface area contributed by atoms with E-state index in [9.17, 15) is 13.5 Å². The van der Waals surface area contributed by atoms with Gasteiger partial charge in [0.25, 0.3) is 0 Å². The molecule has 2 aromatic carbocycles. The summed E-state index contributed by atoms with van der Waals surface area (Å²) in [6, 6.07) is 15.4. The van der Waals surface area contributed by atoms with Gasteiger partial charge >= 0.3 is 0 Å². The van der Waals surface area contributed by atoms with Gasteiger partial charge in [-0.1, -0.05) is 18.2 Å². The number of aliphatic hydroxyl groups is 1. The molecular formula is C22H27N3O3S. The Labute approximate surface area is 171 Å². The molecular weight excluding hydrogens is 386 g/mol. The summed E-state index contributed by atoms with van der Waals surface area (Å²) < 4.78 is 25.7. The molecule has 0 bridgehead atoms. The van der Waals surface area contributed by atoms with E-state index < -0.39 is 9.84 Å². The number of aliphatic hydroxyl groups excluding tert-OH is 1. The van der Waals surface area contributed by atoms with Gasteiger partial charge in [-0.3, -0.25) is 0 Å². The van der Waals surface area contributed by atoms with E-state index in [1.807, 2.05) is 37.4 Å². The van der Waals surface area contributed by atoms with Crippen molar-refractivity contribution in [2.75, 3.05) is 37.3 Å². The van der Waals surface area contributed by atoms with Crippen LogP contribution in [0, 0.1) is 0 Å². The molecule has 3 N–H and O–H groups in total. The van der Waals surface area contributed by atoms with Crippen LogP contribution in [-0.2, 0) is 9.84 Å². The van der Waals surface area contributed by atoms with Gasteiger partial charge in [0.1, 0.15) is 0 Å². The maximum atomic E-state index is 12.9. The van der Waals surface area contributed by atoms with E-state index in [4.69, 9.17) is 0 Å². The molecule has 1 aromatic heterocycles. The highest BCUT2D eigenvalue weighted by Crippen LogP contribution is 2.36. The number of sulfone groups is 1. The van der Waals surface area contributed by atoms with Crippen molar-refractivity contribution in [3.05, 3.63) is 48.5 Å². The monoisotopic (exact) mass is 413 g/mol. The molecule has 1 aliphatic rings. The van der Waals surface area contributed by atoms with E-state index in [0.717, 1.165) is 40.8 Å². The van der Waals surface area contributed by atoms with Crippen LogP contribution in [-0.4, -0.2) is 57.0 Å². The van der Waals surface area contributed by atoms with Crippen LogP contribution in [0.15, 0.2) is 53.4 Å². The number of aromatic nitrogens is 1. The first-order valence-corrected chi connectivity index (χ1v) is 11.7. The first kappa shape index (κ1) is 19.9. The van der Waals surface area contributed by atoms with E-state index >= 15 is 0 Å². The van der Waals surface area contributed by atoms with E-state index in [0.29, 0.717) is 24.4 Å². The number of nitrogens with zero attached hydrogens (tertiary/aromatic N) is 1. The van der Waals surface area contributed by atoms with Crippen molar-refractivity contribution in [3.8, 4) is 11.3 Å². The van der Waals surface area contributed by atoms with Crippen LogP contribution < -0.4 is 10.2 Å². The molecule has 0 radical (unpaired) electrons. The highest BCUT2D eigenvalue weighted by Gasteiger charge is 2.25. The van der Waals surface area contributed by atoms with Crippen molar-refractivity contribution in [2.24, 2.45) is 0 Å². The summed E-state index contributed by atoms with van der Waals surface area (Å²) in [5.74, 6) is 0.113. The number of para-hydroxylation sites is 1. The highest BCUT2D eigenvalue weighted by atomic mass is 32.2. The first-order valence-electron chi connectivity index (χ1n) is 10.0. The third-order valence-corrected chi connectivity index (χ3v) is 7.29. The number of benzene rings is 2. The van der Waals surface area contributed by atoms with Gasteiger partial charge in [0.2, 0.25) is 0 Å². The van der Waals surface area contributed by atoms with Crippen molar-refractivity contribution in [3.63, 3.8) is 0 Å². The number of anilines is 1. The quantitative estimate of drug-likeness (QED) is 0.519. The molecule has 4 rings (SSSR count). The van der Waals surface area contributed by atoms with Crippen LogP contribution in [0.2, 0.25) is 0 Å². The minimum atomic E-state index is -3.37. The van der Waals surface area contributed by atoms with Crippen molar-refractivity contribution < 1.29 is 13.5 Å². The van der Waals surface area contributed by atoms with Gasteiger partial charge in [-0.05, 0) is 56.8 Å². The summed E-state index contributed by atoms with van der Waals surface area (Å²) in [5, 5.41) is 14.1. The fourth-order valence-electron chi connectivity index (χ4n) is 3.94. The molecule has 0 aliphatic carbocycles. The number of rotatable bonds is 7. The lowest BCUT2D eigenvalue weighted by Gasteiger charge is -2.22. The molecule has 1 aliphatic heterocycles. The maximum Gasteiger partial charge on any atom is 0.178 e. The van der Waals surface area contributed by atoms with Gasteiger partial charge in [-0.25, -0.2) is 8.42 Å². The molecule has 0 saturated carbocycles. The van der Waals surface area contributed by atoms with E-state index in [1.165, 1.54) is 0 Å². The summed E-state index contributed by atoms with van der Waals surface area (Å²) in [7, 11) is -1.55. The minimum Gasteiger partial charge on any atom is -0.391 e. The molecule has 1 fully saturated rings. The molecule has 154 valence electrons. The lowest BCUT2D eigenvalue weighted by molar-refractivity contribution is 0.198. The third kappa shape index (κ3) is 4.17. The Morgan fingerprint density at radius 1 is 1.21 bits per heavy atom. The fraction of sp³-hybridized carbons (Fsp3) is 0.364. The molecule has 1 atom stereocenters. The number of hydrogen-bond acceptors (Lipinski definition) is 5. The number of fused-ring (bicyclic) bond motifs is 1. The number of β-amino-alcohol motifs (C(OH)–C–C–N with tert-alkyl or cyclic N) is 1. The summed E-state index contributed by atoms with van der Waals surface area (Å²) >= 11 is 0. The standard InChI is InChI=1S/C22H27N3O3S/c1-23-10-4-12-29(27,28)18-7-8-22(25-11-9-17(26)15-25)19(14-18)21-13-16-5-2-3-6-20(16)24-21/h2-3,5-8,13-14,17,23-24,26H,4,9-12,15H2,1H3/t17-/m0/s1. The Bertz CT molecular complexity index is 1070. The molecule has 7 heteroatoms. The van der Waals surface area contributed by atoms with E-state index in [1.54, 1.807) is 12.1 Å². The lowest BCUT2D eigenvalue weighted by Crippen LogP contribution is -2.22. The average molecular weight is 414 g/mol. The van der Waals surface area contributed by atoms with Crippen LogP contribution in [0.4, 0.5) is 5.69 Å². The minimum absolute atomic E-state index is 0.113. The summed E-state index contributed by atoms with van der Waals surface area (Å²) in [6.07, 6.45) is 0.937. The van der Waals surface area contributed by atoms with E-state index in [2.05, 4.69) is 21.3 Å². The lowest BCUT2D eigenvalue weighted by atomic mass is 10.1. The second kappa shape index (κ2) is 8.18. The molecule has 0 unspecified atom stereocenters. The van der Waals surface area contributed by atoms with Gasteiger partial charge in [0, 0.05) is 40.9 Å². The molecule has 29 heavy (non-hydrogen) atoms. The number of nitrogens with one attached hydrogen (secondary N) is 2. The summed E-state index contributed by atoms with van der Waals surface area (Å²) in [4.78, 5) is 5.89. The SMILES string of the molecule is CNCCCS(=O)(=O)c1ccc(N2CC[C@H](O)C2)c(-c2cc3ccccc3[nH]2)c1. The van der Waals surface area contributed by atoms with Crippen molar-refractivity contribution >= 4 is 26.4 Å². The zero-order valence-electron chi connectivity index (χ0n) is 16.6. The zero-order valence-corrected chi connectivity index (χ0v) is 17.4. The third-order valence-electron chi connectivity index (χ3n) is 5.49. The Morgan fingerprint density at radius 2 is 2.03 bits per heavy atom. The summed E-state index contributed by atoms with van der Waals surface area (Å²) in [5.41, 5.74) is 3.69. The number of aromatic amines is 1. The maximum absolute atomic E-state index is 12.9. The first-order chi connectivity index (χ1) is 14.0. The molecule has 6 nitrogen and oxygen atoms in total. The van der Waals surface area contributed by atoms with Gasteiger partial charge in [0.05, 0.1) is 16.8 Å². The highest BCUT2D eigenvalue weighted by molar-refractivity contribution is 7.91. The zero-order chi connectivity index (χ0) is 20.4. The van der Waals surface area contributed by atoms with Crippen LogP contribution in [0.1, 0.15) is 12.8 Å². The fourth-order valence-corrected chi connectivity index (χ4v) is 5.27. The normalized spacial score (nSPS) is 17.3. The van der Waals surface area contributed by atoms with Crippen molar-refractivity contribution in [2.45, 2.75) is 23.8 Å². The Morgan fingerprint density at radius 3 is 2.76 bits per heavy atom. The summed E-state index contributed by atoms with van der Waals surface area (Å²) in [6.45, 7) is 1.97. The van der Waals surface area contributed by atoms with Gasteiger partial charge in [-0.2, -0.15) is 0 Å². The molecule has 3 aromatic rings. The molecule has 1 saturated heterocycles. The predicted molar refractivity (Wildman–Crippen MR) is 117 cm³/mol. The Kier molecular flexibility index (Phi) is 5.63. The van der Waals surface area contributed by atoms with Crippen LogP contribution in [0.5, 0.6) is 0 Å². The Balaban J connectivity index is 1.78. The Hall–Kier alpha value is -2.35. The number of hydrogen-bond donors (Lipinski definition) is 3. The predicted octanol–water partition coefficient (Wildman–Crippen LogP) is 2.79. The van der Waals surface area contributed by atoms with Gasteiger partial charge in [0.15, 0.2) is 9.84 Å². The average Bonchev–Trinajstić information content (AvgIpc) is 3.33. The second-order valence-corrected chi connectivity index (χ2v) is 9.72. The van der Waals surface area contributed by atoms with Crippen molar-refractivity contribution in [1.29, 1.82) is 0 Å². The number of H-pyrrole nitrogens is 1. The van der Waals surface area contributed by atoms with Crippen molar-refractivity contribution in [1.82, 2.24) is 10.3 Å². The molecule has 0 amide bonds. The molecule has 0 spiro atoms. The van der Waals surface area contributed by atoms with Crippen LogP contribution in [0.3, 0.4) is 0 Å². The largest absolute Gasteiger partial charge is 0.391 e. The second-order valence-electron chi connectivity index (χ2n) is 7.61. The van der Waals surface area contributed by atoms with Gasteiger partial charge < -0.3 is 20.3 Å². The smallest absolute Gasteiger partial charge is 0.178 e.